The first-order valence-electron chi connectivity index (χ1n) is 15.2. The first-order chi connectivity index (χ1) is 20.9. The largest absolute Gasteiger partial charge is 0.483 e. The SMILES string of the molecule is CC(=O)Oc1ccc2c3c1O[C@H]1[C@@H](N(C)C(=O)C#Cc4ccccc4)CC[C@H]4[C@@H](C2)N(CC(O)c2ccccc2)CC[C@@]341. The summed E-state index contributed by atoms with van der Waals surface area (Å²) in [6.07, 6.45) is 2.52. The summed E-state index contributed by atoms with van der Waals surface area (Å²) in [5.74, 6) is 6.62. The van der Waals surface area contributed by atoms with E-state index in [4.69, 9.17) is 9.47 Å². The topological polar surface area (TPSA) is 79.3 Å². The van der Waals surface area contributed by atoms with Gasteiger partial charge in [-0.1, -0.05) is 60.5 Å². The molecule has 220 valence electrons. The molecule has 0 radical (unpaired) electrons. The number of esters is 1. The molecule has 7 nitrogen and oxygen atoms in total. The molecule has 7 rings (SSSR count). The third-order valence-corrected chi connectivity index (χ3v) is 10.1. The molecule has 2 bridgehead atoms. The Bertz CT molecular complexity index is 1610. The zero-order valence-corrected chi connectivity index (χ0v) is 24.5. The Morgan fingerprint density at radius 1 is 1.09 bits per heavy atom. The molecule has 4 aliphatic rings. The number of ether oxygens (including phenoxy) is 2. The number of β-amino-alcohol motifs (C(OH)–C–C–N with tert-alkyl or cyclic N) is 1. The molecular formula is C36H36N2O5. The van der Waals surface area contributed by atoms with E-state index >= 15 is 0 Å². The van der Waals surface area contributed by atoms with Gasteiger partial charge in [-0.15, -0.1) is 0 Å². The minimum atomic E-state index is -0.572. The summed E-state index contributed by atoms with van der Waals surface area (Å²) in [5.41, 5.74) is 3.76. The molecule has 2 aliphatic carbocycles. The number of hydrogen-bond donors (Lipinski definition) is 1. The quantitative estimate of drug-likeness (QED) is 0.278. The summed E-state index contributed by atoms with van der Waals surface area (Å²) in [4.78, 5) is 29.7. The fraction of sp³-hybridized carbons (Fsp3) is 0.389. The third kappa shape index (κ3) is 4.61. The minimum absolute atomic E-state index is 0.181. The van der Waals surface area contributed by atoms with Crippen molar-refractivity contribution in [1.29, 1.82) is 0 Å². The van der Waals surface area contributed by atoms with E-state index in [1.807, 2.05) is 73.8 Å². The summed E-state index contributed by atoms with van der Waals surface area (Å²) in [6, 6.07) is 23.4. The molecule has 1 amide bonds. The van der Waals surface area contributed by atoms with E-state index in [1.54, 1.807) is 4.90 Å². The van der Waals surface area contributed by atoms with E-state index in [-0.39, 0.29) is 41.4 Å². The molecule has 1 saturated carbocycles. The second kappa shape index (κ2) is 10.9. The number of aliphatic hydroxyl groups is 1. The Kier molecular flexibility index (Phi) is 6.99. The lowest BCUT2D eigenvalue weighted by Gasteiger charge is -2.60. The number of rotatable bonds is 5. The number of aliphatic hydroxyl groups excluding tert-OH is 1. The average molecular weight is 577 g/mol. The monoisotopic (exact) mass is 576 g/mol. The first kappa shape index (κ1) is 27.7. The van der Waals surface area contributed by atoms with Crippen molar-refractivity contribution in [1.82, 2.24) is 9.80 Å². The second-order valence-corrected chi connectivity index (χ2v) is 12.3. The van der Waals surface area contributed by atoms with Crippen LogP contribution in [-0.4, -0.2) is 65.1 Å². The molecule has 1 unspecified atom stereocenters. The lowest BCUT2D eigenvalue weighted by atomic mass is 9.51. The molecule has 43 heavy (non-hydrogen) atoms. The van der Waals surface area contributed by atoms with Gasteiger partial charge >= 0.3 is 5.97 Å². The number of piperidine rings is 1. The van der Waals surface area contributed by atoms with Crippen LogP contribution in [0.4, 0.5) is 0 Å². The molecule has 3 aromatic rings. The smallest absolute Gasteiger partial charge is 0.308 e. The maximum atomic E-state index is 13.4. The van der Waals surface area contributed by atoms with Crippen LogP contribution >= 0.6 is 0 Å². The molecule has 0 aromatic heterocycles. The highest BCUT2D eigenvalue weighted by atomic mass is 16.6. The van der Waals surface area contributed by atoms with Crippen molar-refractivity contribution in [2.45, 2.75) is 62.3 Å². The number of carbonyl (C=O) groups excluding carboxylic acids is 2. The Hall–Kier alpha value is -4.12. The Morgan fingerprint density at radius 3 is 2.58 bits per heavy atom. The Labute approximate surface area is 252 Å². The molecule has 2 heterocycles. The van der Waals surface area contributed by atoms with Gasteiger partial charge in [0.15, 0.2) is 11.5 Å². The highest BCUT2D eigenvalue weighted by Crippen LogP contribution is 2.64. The summed E-state index contributed by atoms with van der Waals surface area (Å²) in [7, 11) is 1.83. The predicted molar refractivity (Wildman–Crippen MR) is 162 cm³/mol. The first-order valence-corrected chi connectivity index (χ1v) is 15.2. The molecule has 7 heteroatoms. The molecule has 2 aliphatic heterocycles. The van der Waals surface area contributed by atoms with E-state index < -0.39 is 6.10 Å². The van der Waals surface area contributed by atoms with E-state index in [0.717, 1.165) is 48.9 Å². The van der Waals surface area contributed by atoms with Crippen molar-refractivity contribution in [3.63, 3.8) is 0 Å². The predicted octanol–water partition coefficient (Wildman–Crippen LogP) is 4.26. The summed E-state index contributed by atoms with van der Waals surface area (Å²) >= 11 is 0. The van der Waals surface area contributed by atoms with Gasteiger partial charge in [-0.2, -0.15) is 0 Å². The van der Waals surface area contributed by atoms with Crippen LogP contribution in [-0.2, 0) is 21.4 Å². The maximum absolute atomic E-state index is 13.4. The fourth-order valence-electron chi connectivity index (χ4n) is 8.33. The van der Waals surface area contributed by atoms with Crippen LogP contribution in [0.15, 0.2) is 72.8 Å². The number of amides is 1. The third-order valence-electron chi connectivity index (χ3n) is 10.1. The van der Waals surface area contributed by atoms with Crippen LogP contribution < -0.4 is 9.47 Å². The molecule has 1 spiro atoms. The van der Waals surface area contributed by atoms with Crippen LogP contribution in [0.5, 0.6) is 11.5 Å². The Balaban J connectivity index is 1.24. The highest BCUT2D eigenvalue weighted by Gasteiger charge is 2.66. The second-order valence-electron chi connectivity index (χ2n) is 12.3. The van der Waals surface area contributed by atoms with Gasteiger partial charge < -0.3 is 19.5 Å². The lowest BCUT2D eigenvalue weighted by Crippen LogP contribution is -2.69. The number of carbonyl (C=O) groups is 2. The van der Waals surface area contributed by atoms with E-state index in [0.29, 0.717) is 18.0 Å². The fourth-order valence-corrected chi connectivity index (χ4v) is 8.33. The molecule has 3 aromatic carbocycles. The standard InChI is InChI=1S/C36H36N2O5/c1-23(39)42-31-17-14-26-21-29-27-15-16-28(37(2)32(41)18-13-24-9-5-3-6-10-24)35-36(27,33(26)34(31)43-35)19-20-38(29)22-30(40)25-11-7-4-8-12-25/h3-12,14,17,27-30,35,40H,15-16,19-22H2,1-2H3/t27-,28-,29+,30?,35-,36-/m0/s1. The van der Waals surface area contributed by atoms with Crippen LogP contribution in [0.1, 0.15) is 54.5 Å². The van der Waals surface area contributed by atoms with Gasteiger partial charge in [0.05, 0.1) is 12.1 Å². The number of nitrogens with zero attached hydrogens (tertiary/aromatic N) is 2. The average Bonchev–Trinajstić information content (AvgIpc) is 3.37. The zero-order chi connectivity index (χ0) is 29.7. The lowest BCUT2D eigenvalue weighted by molar-refractivity contribution is -0.135. The van der Waals surface area contributed by atoms with Gasteiger partial charge in [0.2, 0.25) is 0 Å². The zero-order valence-electron chi connectivity index (χ0n) is 24.5. The van der Waals surface area contributed by atoms with Crippen molar-refractivity contribution >= 4 is 11.9 Å². The van der Waals surface area contributed by atoms with Gasteiger partial charge in [-0.05, 0) is 67.5 Å². The summed E-state index contributed by atoms with van der Waals surface area (Å²) < 4.78 is 12.5. The van der Waals surface area contributed by atoms with Crippen LogP contribution in [0.3, 0.4) is 0 Å². The van der Waals surface area contributed by atoms with Gasteiger partial charge in [-0.25, -0.2) is 0 Å². The van der Waals surface area contributed by atoms with E-state index in [2.05, 4.69) is 22.8 Å². The van der Waals surface area contributed by atoms with Gasteiger partial charge in [0, 0.05) is 49.0 Å². The van der Waals surface area contributed by atoms with Crippen molar-refractivity contribution in [3.8, 4) is 23.3 Å². The summed E-state index contributed by atoms with van der Waals surface area (Å²) in [6.45, 7) is 2.78. The van der Waals surface area contributed by atoms with Crippen molar-refractivity contribution in [2.75, 3.05) is 20.1 Å². The minimum Gasteiger partial charge on any atom is -0.483 e. The number of benzene rings is 3. The molecular weight excluding hydrogens is 540 g/mol. The Morgan fingerprint density at radius 2 is 1.84 bits per heavy atom. The number of hydrogen-bond acceptors (Lipinski definition) is 6. The number of likely N-dealkylation sites (N-methyl/N-ethyl adjacent to an activating group) is 1. The number of likely N-dealkylation sites (tertiary alicyclic amines) is 1. The highest BCUT2D eigenvalue weighted by molar-refractivity contribution is 5.94. The van der Waals surface area contributed by atoms with Gasteiger partial charge in [-0.3, -0.25) is 14.5 Å². The van der Waals surface area contributed by atoms with Crippen LogP contribution in [0.2, 0.25) is 0 Å². The molecule has 1 N–H and O–H groups in total. The van der Waals surface area contributed by atoms with Crippen LogP contribution in [0.25, 0.3) is 0 Å². The van der Waals surface area contributed by atoms with Crippen LogP contribution in [0, 0.1) is 17.8 Å². The van der Waals surface area contributed by atoms with Crippen molar-refractivity contribution in [3.05, 3.63) is 95.1 Å². The normalized spacial score (nSPS) is 27.1. The van der Waals surface area contributed by atoms with E-state index in [9.17, 15) is 14.7 Å². The summed E-state index contributed by atoms with van der Waals surface area (Å²) in [5, 5.41) is 11.2. The molecule has 2 fully saturated rings. The van der Waals surface area contributed by atoms with Gasteiger partial charge in [0.1, 0.15) is 6.10 Å². The van der Waals surface area contributed by atoms with E-state index in [1.165, 1.54) is 12.5 Å². The molecule has 6 atom stereocenters. The van der Waals surface area contributed by atoms with Crippen molar-refractivity contribution in [2.24, 2.45) is 5.92 Å². The van der Waals surface area contributed by atoms with Gasteiger partial charge in [0.25, 0.3) is 5.91 Å². The van der Waals surface area contributed by atoms with Crippen molar-refractivity contribution < 1.29 is 24.2 Å². The molecule has 1 saturated heterocycles. The maximum Gasteiger partial charge on any atom is 0.308 e.